The number of hydrogen-bond acceptors (Lipinski definition) is 5. The zero-order chi connectivity index (χ0) is 21.0. The molecule has 1 atom stereocenters. The largest absolute Gasteiger partial charge is 0.492 e. The Hall–Kier alpha value is -3.46. The van der Waals surface area contributed by atoms with Crippen LogP contribution in [-0.2, 0) is 4.79 Å². The highest BCUT2D eigenvalue weighted by Gasteiger charge is 2.31. The molecular weight excluding hydrogens is 392 g/mol. The van der Waals surface area contributed by atoms with Crippen LogP contribution in [-0.4, -0.2) is 22.5 Å². The first-order chi connectivity index (χ1) is 13.9. The number of para-hydroxylation sites is 2. The minimum atomic E-state index is -0.636. The molecule has 150 valence electrons. The number of allylic oxidation sites excluding steroid dienone is 1. The van der Waals surface area contributed by atoms with Gasteiger partial charge in [-0.15, -0.1) is 0 Å². The lowest BCUT2D eigenvalue weighted by Crippen LogP contribution is -2.45. The zero-order valence-electron chi connectivity index (χ0n) is 15.9. The van der Waals surface area contributed by atoms with E-state index in [9.17, 15) is 14.9 Å². The second kappa shape index (κ2) is 8.70. The van der Waals surface area contributed by atoms with Crippen molar-refractivity contribution in [3.63, 3.8) is 0 Å². The van der Waals surface area contributed by atoms with E-state index in [2.05, 4.69) is 16.0 Å². The predicted octanol–water partition coefficient (Wildman–Crippen LogP) is 3.43. The summed E-state index contributed by atoms with van der Waals surface area (Å²) in [5.74, 6) is 0.189. The Morgan fingerprint density at radius 3 is 2.76 bits per heavy atom. The molecule has 3 N–H and O–H groups in total. The van der Waals surface area contributed by atoms with Crippen LogP contribution >= 0.6 is 12.2 Å². The first-order valence-corrected chi connectivity index (χ1v) is 9.37. The van der Waals surface area contributed by atoms with Crippen molar-refractivity contribution in [3.8, 4) is 5.75 Å². The molecule has 9 heteroatoms. The Labute approximate surface area is 173 Å². The van der Waals surface area contributed by atoms with E-state index in [0.29, 0.717) is 40.0 Å². The summed E-state index contributed by atoms with van der Waals surface area (Å²) in [6.07, 6.45) is 0. The van der Waals surface area contributed by atoms with Crippen LogP contribution in [0.25, 0.3) is 0 Å². The van der Waals surface area contributed by atoms with Gasteiger partial charge < -0.3 is 20.7 Å². The fourth-order valence-electron chi connectivity index (χ4n) is 3.10. The average Bonchev–Trinajstić information content (AvgIpc) is 2.69. The number of thiocarbonyl (C=S) groups is 1. The van der Waals surface area contributed by atoms with Gasteiger partial charge in [0.2, 0.25) is 0 Å². The van der Waals surface area contributed by atoms with E-state index < -0.39 is 11.0 Å². The topological polar surface area (TPSA) is 106 Å². The quantitative estimate of drug-likeness (QED) is 0.379. The van der Waals surface area contributed by atoms with Crippen molar-refractivity contribution in [2.45, 2.75) is 19.9 Å². The molecular formula is C20H20N4O4S. The summed E-state index contributed by atoms with van der Waals surface area (Å²) in [5.41, 5.74) is 1.98. The van der Waals surface area contributed by atoms with Gasteiger partial charge in [0.05, 0.1) is 28.8 Å². The SMILES string of the molecule is CCOc1ccccc1NC(=O)C1=C(C)NC(=S)NC1c1cccc([N+](=O)[O-])c1. The maximum atomic E-state index is 13.2. The van der Waals surface area contributed by atoms with E-state index in [1.165, 1.54) is 12.1 Å². The number of benzene rings is 2. The summed E-state index contributed by atoms with van der Waals surface area (Å²) in [7, 11) is 0. The summed E-state index contributed by atoms with van der Waals surface area (Å²) in [6, 6.07) is 12.6. The zero-order valence-corrected chi connectivity index (χ0v) is 16.7. The molecule has 0 fully saturated rings. The molecule has 0 bridgehead atoms. The van der Waals surface area contributed by atoms with Crippen molar-refractivity contribution >= 4 is 34.6 Å². The average molecular weight is 412 g/mol. The van der Waals surface area contributed by atoms with Gasteiger partial charge in [-0.1, -0.05) is 24.3 Å². The summed E-state index contributed by atoms with van der Waals surface area (Å²) >= 11 is 5.23. The third-order valence-corrected chi connectivity index (χ3v) is 4.58. The lowest BCUT2D eigenvalue weighted by Gasteiger charge is -2.30. The second-order valence-corrected chi connectivity index (χ2v) is 6.71. The van der Waals surface area contributed by atoms with Gasteiger partial charge in [-0.3, -0.25) is 14.9 Å². The van der Waals surface area contributed by atoms with Crippen LogP contribution in [0.4, 0.5) is 11.4 Å². The smallest absolute Gasteiger partial charge is 0.269 e. The van der Waals surface area contributed by atoms with Gasteiger partial charge in [-0.2, -0.15) is 0 Å². The Kier molecular flexibility index (Phi) is 6.08. The van der Waals surface area contributed by atoms with Crippen molar-refractivity contribution in [3.05, 3.63) is 75.5 Å². The number of anilines is 1. The molecule has 0 saturated heterocycles. The summed E-state index contributed by atoms with van der Waals surface area (Å²) in [4.78, 5) is 23.8. The van der Waals surface area contributed by atoms with Crippen LogP contribution in [0, 0.1) is 10.1 Å². The van der Waals surface area contributed by atoms with Gasteiger partial charge >= 0.3 is 0 Å². The molecule has 29 heavy (non-hydrogen) atoms. The molecule has 1 aliphatic rings. The van der Waals surface area contributed by atoms with E-state index in [1.807, 2.05) is 13.0 Å². The van der Waals surface area contributed by atoms with Gasteiger partial charge in [0, 0.05) is 17.8 Å². The van der Waals surface area contributed by atoms with Gasteiger partial charge in [-0.05, 0) is 43.8 Å². The second-order valence-electron chi connectivity index (χ2n) is 6.31. The van der Waals surface area contributed by atoms with Gasteiger partial charge in [0.25, 0.3) is 11.6 Å². The van der Waals surface area contributed by atoms with Crippen molar-refractivity contribution in [1.29, 1.82) is 0 Å². The van der Waals surface area contributed by atoms with E-state index in [-0.39, 0.29) is 11.6 Å². The Balaban J connectivity index is 1.97. The molecule has 1 amide bonds. The third kappa shape index (κ3) is 4.52. The maximum Gasteiger partial charge on any atom is 0.269 e. The van der Waals surface area contributed by atoms with Crippen molar-refractivity contribution in [1.82, 2.24) is 10.6 Å². The van der Waals surface area contributed by atoms with E-state index in [1.54, 1.807) is 37.3 Å². The van der Waals surface area contributed by atoms with Crippen LogP contribution in [0.2, 0.25) is 0 Å². The van der Waals surface area contributed by atoms with Crippen LogP contribution in [0.1, 0.15) is 25.5 Å². The van der Waals surface area contributed by atoms with Gasteiger partial charge in [0.1, 0.15) is 5.75 Å². The number of amides is 1. The summed E-state index contributed by atoms with van der Waals surface area (Å²) in [5, 5.41) is 20.3. The monoisotopic (exact) mass is 412 g/mol. The minimum Gasteiger partial charge on any atom is -0.492 e. The number of carbonyl (C=O) groups excluding carboxylic acids is 1. The molecule has 3 rings (SSSR count). The van der Waals surface area contributed by atoms with Crippen LogP contribution in [0.3, 0.4) is 0 Å². The summed E-state index contributed by atoms with van der Waals surface area (Å²) < 4.78 is 5.56. The number of rotatable bonds is 6. The highest BCUT2D eigenvalue weighted by atomic mass is 32.1. The van der Waals surface area contributed by atoms with Gasteiger partial charge in [-0.25, -0.2) is 0 Å². The molecule has 0 aromatic heterocycles. The fraction of sp³-hybridized carbons (Fsp3) is 0.200. The Bertz CT molecular complexity index is 1010. The number of carbonyl (C=O) groups is 1. The van der Waals surface area contributed by atoms with E-state index in [0.717, 1.165) is 0 Å². The molecule has 1 heterocycles. The standard InChI is InChI=1S/C20H20N4O4S/c1-3-28-16-10-5-4-9-15(16)22-19(25)17-12(2)21-20(29)23-18(17)13-7-6-8-14(11-13)24(26)27/h4-11,18H,3H2,1-2H3,(H,22,25)(H2,21,23,29). The van der Waals surface area contributed by atoms with Crippen molar-refractivity contribution < 1.29 is 14.5 Å². The number of ether oxygens (including phenoxy) is 1. The van der Waals surface area contributed by atoms with Crippen LogP contribution in [0.15, 0.2) is 59.8 Å². The number of nitro benzene ring substituents is 1. The number of hydrogen-bond donors (Lipinski definition) is 3. The first-order valence-electron chi connectivity index (χ1n) is 8.96. The Morgan fingerprint density at radius 1 is 1.28 bits per heavy atom. The molecule has 0 saturated carbocycles. The van der Waals surface area contributed by atoms with Crippen LogP contribution < -0.4 is 20.7 Å². The molecule has 0 radical (unpaired) electrons. The fourth-order valence-corrected chi connectivity index (χ4v) is 3.37. The number of non-ortho nitro benzene ring substituents is 1. The lowest BCUT2D eigenvalue weighted by atomic mass is 9.94. The molecule has 0 aliphatic carbocycles. The number of nitrogens with one attached hydrogen (secondary N) is 3. The number of nitrogens with zero attached hydrogens (tertiary/aromatic N) is 1. The highest BCUT2D eigenvalue weighted by Crippen LogP contribution is 2.31. The number of nitro groups is 1. The minimum absolute atomic E-state index is 0.0622. The van der Waals surface area contributed by atoms with Crippen molar-refractivity contribution in [2.24, 2.45) is 0 Å². The predicted molar refractivity (Wildman–Crippen MR) is 114 cm³/mol. The van der Waals surface area contributed by atoms with Crippen LogP contribution in [0.5, 0.6) is 5.75 Å². The first kappa shape index (κ1) is 20.3. The molecule has 8 nitrogen and oxygen atoms in total. The highest BCUT2D eigenvalue weighted by molar-refractivity contribution is 7.80. The lowest BCUT2D eigenvalue weighted by molar-refractivity contribution is -0.384. The molecule has 1 unspecified atom stereocenters. The maximum absolute atomic E-state index is 13.2. The Morgan fingerprint density at radius 2 is 2.03 bits per heavy atom. The van der Waals surface area contributed by atoms with Crippen molar-refractivity contribution in [2.75, 3.05) is 11.9 Å². The summed E-state index contributed by atoms with van der Waals surface area (Å²) in [6.45, 7) is 4.06. The van der Waals surface area contributed by atoms with E-state index >= 15 is 0 Å². The van der Waals surface area contributed by atoms with Gasteiger partial charge in [0.15, 0.2) is 5.11 Å². The molecule has 2 aromatic rings. The molecule has 2 aromatic carbocycles. The van der Waals surface area contributed by atoms with E-state index in [4.69, 9.17) is 17.0 Å². The molecule has 0 spiro atoms. The normalized spacial score (nSPS) is 15.9. The molecule has 1 aliphatic heterocycles. The third-order valence-electron chi connectivity index (χ3n) is 4.36.